The van der Waals surface area contributed by atoms with Gasteiger partial charge in [0.1, 0.15) is 6.04 Å². The SMILES string of the molecule is Cc1ccc(-c2noc([C@@H]3CCCN3C(=O)CCCc3ccccc3)n2)cc1. The molecule has 1 aliphatic rings. The lowest BCUT2D eigenvalue weighted by atomic mass is 10.1. The monoisotopic (exact) mass is 375 g/mol. The Morgan fingerprint density at radius 1 is 1.14 bits per heavy atom. The number of carbonyl (C=O) groups excluding carboxylic acids is 1. The van der Waals surface area contributed by atoms with Gasteiger partial charge in [-0.1, -0.05) is 65.3 Å². The summed E-state index contributed by atoms with van der Waals surface area (Å²) in [6.07, 6.45) is 4.16. The molecule has 1 amide bonds. The van der Waals surface area contributed by atoms with Gasteiger partial charge in [-0.15, -0.1) is 0 Å². The summed E-state index contributed by atoms with van der Waals surface area (Å²) in [5, 5.41) is 4.13. The highest BCUT2D eigenvalue weighted by molar-refractivity contribution is 5.77. The topological polar surface area (TPSA) is 59.2 Å². The third-order valence-corrected chi connectivity index (χ3v) is 5.31. The molecule has 1 saturated heterocycles. The molecule has 1 aromatic heterocycles. The number of aryl methyl sites for hydroxylation is 2. The summed E-state index contributed by atoms with van der Waals surface area (Å²) in [6.45, 7) is 2.81. The van der Waals surface area contributed by atoms with E-state index in [1.807, 2.05) is 54.3 Å². The van der Waals surface area contributed by atoms with Crippen LogP contribution in [0.2, 0.25) is 0 Å². The lowest BCUT2D eigenvalue weighted by Crippen LogP contribution is -2.30. The van der Waals surface area contributed by atoms with Crippen LogP contribution in [0.4, 0.5) is 0 Å². The largest absolute Gasteiger partial charge is 0.337 e. The maximum Gasteiger partial charge on any atom is 0.249 e. The number of rotatable bonds is 6. The maximum atomic E-state index is 12.8. The summed E-state index contributed by atoms with van der Waals surface area (Å²) in [6, 6.07) is 18.2. The van der Waals surface area contributed by atoms with Gasteiger partial charge in [0.25, 0.3) is 0 Å². The molecule has 2 heterocycles. The Hall–Kier alpha value is -2.95. The van der Waals surface area contributed by atoms with Crippen molar-refractivity contribution in [3.05, 3.63) is 71.6 Å². The lowest BCUT2D eigenvalue weighted by molar-refractivity contribution is -0.132. The molecule has 0 spiro atoms. The summed E-state index contributed by atoms with van der Waals surface area (Å²) in [4.78, 5) is 19.3. The average Bonchev–Trinajstić information content (AvgIpc) is 3.39. The van der Waals surface area contributed by atoms with Crippen LogP contribution in [0, 0.1) is 6.92 Å². The number of carbonyl (C=O) groups is 1. The second-order valence-corrected chi connectivity index (χ2v) is 7.41. The summed E-state index contributed by atoms with van der Waals surface area (Å²) in [5.74, 6) is 1.30. The molecule has 1 atom stereocenters. The van der Waals surface area contributed by atoms with Crippen molar-refractivity contribution in [2.45, 2.75) is 45.1 Å². The molecule has 0 aliphatic carbocycles. The van der Waals surface area contributed by atoms with Crippen LogP contribution in [0.3, 0.4) is 0 Å². The van der Waals surface area contributed by atoms with E-state index in [0.29, 0.717) is 18.1 Å². The summed E-state index contributed by atoms with van der Waals surface area (Å²) in [7, 11) is 0. The van der Waals surface area contributed by atoms with E-state index in [2.05, 4.69) is 22.3 Å². The number of nitrogens with zero attached hydrogens (tertiary/aromatic N) is 3. The second kappa shape index (κ2) is 8.38. The zero-order valence-corrected chi connectivity index (χ0v) is 16.2. The van der Waals surface area contributed by atoms with Gasteiger partial charge in [-0.2, -0.15) is 4.98 Å². The molecule has 0 radical (unpaired) electrons. The average molecular weight is 375 g/mol. The molecule has 3 aromatic rings. The number of likely N-dealkylation sites (tertiary alicyclic amines) is 1. The van der Waals surface area contributed by atoms with Crippen LogP contribution >= 0.6 is 0 Å². The van der Waals surface area contributed by atoms with Crippen molar-refractivity contribution in [3.8, 4) is 11.4 Å². The minimum Gasteiger partial charge on any atom is -0.337 e. The molecule has 0 N–H and O–H groups in total. The molecule has 5 heteroatoms. The Balaban J connectivity index is 1.39. The number of aromatic nitrogens is 2. The Morgan fingerprint density at radius 2 is 1.93 bits per heavy atom. The molecular formula is C23H25N3O2. The third kappa shape index (κ3) is 4.14. The van der Waals surface area contributed by atoms with Crippen molar-refractivity contribution >= 4 is 5.91 Å². The van der Waals surface area contributed by atoms with E-state index in [1.165, 1.54) is 11.1 Å². The Morgan fingerprint density at radius 3 is 2.71 bits per heavy atom. The van der Waals surface area contributed by atoms with Gasteiger partial charge in [-0.25, -0.2) is 0 Å². The van der Waals surface area contributed by atoms with Crippen LogP contribution < -0.4 is 0 Å². The standard InChI is InChI=1S/C23H25N3O2/c1-17-12-14-19(15-13-17)22-24-23(28-25-22)20-10-6-16-26(20)21(27)11-5-9-18-7-3-2-4-8-18/h2-4,7-8,12-15,20H,5-6,9-11,16H2,1H3/t20-/m0/s1. The van der Waals surface area contributed by atoms with Gasteiger partial charge in [0.05, 0.1) is 0 Å². The van der Waals surface area contributed by atoms with E-state index in [1.54, 1.807) is 0 Å². The molecule has 144 valence electrons. The van der Waals surface area contributed by atoms with E-state index in [4.69, 9.17) is 4.52 Å². The van der Waals surface area contributed by atoms with Crippen LogP contribution in [0.5, 0.6) is 0 Å². The molecule has 1 fully saturated rings. The molecule has 28 heavy (non-hydrogen) atoms. The molecular weight excluding hydrogens is 350 g/mol. The number of hydrogen-bond donors (Lipinski definition) is 0. The first-order chi connectivity index (χ1) is 13.7. The van der Waals surface area contributed by atoms with E-state index in [9.17, 15) is 4.79 Å². The molecule has 0 unspecified atom stereocenters. The highest BCUT2D eigenvalue weighted by atomic mass is 16.5. The molecule has 2 aromatic carbocycles. The predicted octanol–water partition coefficient (Wildman–Crippen LogP) is 4.73. The van der Waals surface area contributed by atoms with Crippen molar-refractivity contribution < 1.29 is 9.32 Å². The van der Waals surface area contributed by atoms with Gasteiger partial charge in [-0.3, -0.25) is 4.79 Å². The Bertz CT molecular complexity index is 919. The van der Waals surface area contributed by atoms with E-state index in [-0.39, 0.29) is 11.9 Å². The highest BCUT2D eigenvalue weighted by Gasteiger charge is 2.33. The number of benzene rings is 2. The van der Waals surface area contributed by atoms with Crippen LogP contribution in [-0.4, -0.2) is 27.5 Å². The number of amides is 1. The molecule has 5 nitrogen and oxygen atoms in total. The van der Waals surface area contributed by atoms with Crippen LogP contribution in [0.15, 0.2) is 59.1 Å². The molecule has 1 aliphatic heterocycles. The summed E-state index contributed by atoms with van der Waals surface area (Å²) in [5.41, 5.74) is 3.39. The fraction of sp³-hybridized carbons (Fsp3) is 0.348. The van der Waals surface area contributed by atoms with Gasteiger partial charge in [0.2, 0.25) is 17.6 Å². The van der Waals surface area contributed by atoms with Crippen molar-refractivity contribution in [2.75, 3.05) is 6.54 Å². The summed E-state index contributed by atoms with van der Waals surface area (Å²) >= 11 is 0. The van der Waals surface area contributed by atoms with Crippen LogP contribution in [0.1, 0.15) is 48.7 Å². The van der Waals surface area contributed by atoms with Crippen molar-refractivity contribution in [1.82, 2.24) is 15.0 Å². The van der Waals surface area contributed by atoms with Crippen molar-refractivity contribution in [1.29, 1.82) is 0 Å². The molecule has 4 rings (SSSR count). The molecule has 0 bridgehead atoms. The summed E-state index contributed by atoms with van der Waals surface area (Å²) < 4.78 is 5.53. The van der Waals surface area contributed by atoms with E-state index in [0.717, 1.165) is 37.8 Å². The number of hydrogen-bond acceptors (Lipinski definition) is 4. The zero-order valence-electron chi connectivity index (χ0n) is 16.2. The van der Waals surface area contributed by atoms with E-state index < -0.39 is 0 Å². The van der Waals surface area contributed by atoms with Gasteiger partial charge in [-0.05, 0) is 38.2 Å². The normalized spacial score (nSPS) is 16.5. The second-order valence-electron chi connectivity index (χ2n) is 7.41. The smallest absolute Gasteiger partial charge is 0.249 e. The van der Waals surface area contributed by atoms with Gasteiger partial charge in [0.15, 0.2) is 0 Å². The quantitative estimate of drug-likeness (QED) is 0.625. The first kappa shape index (κ1) is 18.4. The minimum atomic E-state index is -0.101. The first-order valence-electron chi connectivity index (χ1n) is 9.95. The lowest BCUT2D eigenvalue weighted by Gasteiger charge is -2.21. The van der Waals surface area contributed by atoms with Gasteiger partial charge < -0.3 is 9.42 Å². The van der Waals surface area contributed by atoms with Gasteiger partial charge >= 0.3 is 0 Å². The van der Waals surface area contributed by atoms with Gasteiger partial charge in [0, 0.05) is 18.5 Å². The fourth-order valence-corrected chi connectivity index (χ4v) is 3.74. The Labute approximate surface area is 165 Å². The van der Waals surface area contributed by atoms with Crippen LogP contribution in [0.25, 0.3) is 11.4 Å². The molecule has 0 saturated carbocycles. The predicted molar refractivity (Wildman–Crippen MR) is 108 cm³/mol. The van der Waals surface area contributed by atoms with E-state index >= 15 is 0 Å². The fourth-order valence-electron chi connectivity index (χ4n) is 3.74. The maximum absolute atomic E-state index is 12.8. The van der Waals surface area contributed by atoms with Crippen molar-refractivity contribution in [3.63, 3.8) is 0 Å². The first-order valence-corrected chi connectivity index (χ1v) is 9.95. The van der Waals surface area contributed by atoms with Crippen molar-refractivity contribution in [2.24, 2.45) is 0 Å². The highest BCUT2D eigenvalue weighted by Crippen LogP contribution is 2.32. The zero-order chi connectivity index (χ0) is 19.3. The Kier molecular flexibility index (Phi) is 5.51. The minimum absolute atomic E-state index is 0.101. The third-order valence-electron chi connectivity index (χ3n) is 5.31. The van der Waals surface area contributed by atoms with Crippen LogP contribution in [-0.2, 0) is 11.2 Å².